The summed E-state index contributed by atoms with van der Waals surface area (Å²) in [5.41, 5.74) is 2.95. The number of carbonyl (C=O) groups excluding carboxylic acids is 1. The molecule has 0 aromatic carbocycles. The van der Waals surface area contributed by atoms with Crippen molar-refractivity contribution in [2.24, 2.45) is 0 Å². The van der Waals surface area contributed by atoms with E-state index in [-0.39, 0.29) is 5.91 Å². The number of pyridine rings is 1. The van der Waals surface area contributed by atoms with Crippen LogP contribution in [0.1, 0.15) is 34.8 Å². The van der Waals surface area contributed by atoms with Crippen molar-refractivity contribution in [3.05, 3.63) is 52.8 Å². The Labute approximate surface area is 175 Å². The minimum atomic E-state index is -0.0106. The molecule has 158 valence electrons. The van der Waals surface area contributed by atoms with Gasteiger partial charge >= 0.3 is 0 Å². The monoisotopic (exact) mass is 409 g/mol. The highest BCUT2D eigenvalue weighted by molar-refractivity contribution is 5.76. The Morgan fingerprint density at radius 3 is 2.57 bits per heavy atom. The molecule has 0 unspecified atom stereocenters. The van der Waals surface area contributed by atoms with Crippen molar-refractivity contribution in [2.45, 2.75) is 40.5 Å². The van der Waals surface area contributed by atoms with Gasteiger partial charge in [-0.15, -0.1) is 0 Å². The van der Waals surface area contributed by atoms with Crippen LogP contribution in [0.15, 0.2) is 28.9 Å². The van der Waals surface area contributed by atoms with Gasteiger partial charge in [-0.1, -0.05) is 5.16 Å². The predicted molar refractivity (Wildman–Crippen MR) is 115 cm³/mol. The molecule has 0 saturated carbocycles. The van der Waals surface area contributed by atoms with Crippen LogP contribution in [0, 0.1) is 27.7 Å². The fourth-order valence-electron chi connectivity index (χ4n) is 3.04. The molecular formula is C21H27N7O2. The summed E-state index contributed by atoms with van der Waals surface area (Å²) in [7, 11) is 0. The van der Waals surface area contributed by atoms with E-state index in [9.17, 15) is 4.79 Å². The zero-order valence-corrected chi connectivity index (χ0v) is 17.7. The zero-order valence-electron chi connectivity index (χ0n) is 17.7. The number of aryl methyl sites for hydroxylation is 4. The topological polar surface area (TPSA) is 118 Å². The SMILES string of the molecule is Cc1ccnc(Nc2cc(NCCNC(=O)CCc3c(C)noc3C)nc(C)n2)c1. The molecule has 0 bridgehead atoms. The summed E-state index contributed by atoms with van der Waals surface area (Å²) in [6.07, 6.45) is 2.76. The van der Waals surface area contributed by atoms with E-state index in [4.69, 9.17) is 4.52 Å². The largest absolute Gasteiger partial charge is 0.368 e. The molecule has 0 saturated heterocycles. The Kier molecular flexibility index (Phi) is 6.95. The van der Waals surface area contributed by atoms with Gasteiger partial charge in [0.15, 0.2) is 0 Å². The molecule has 3 aromatic rings. The van der Waals surface area contributed by atoms with Crippen molar-refractivity contribution in [1.29, 1.82) is 0 Å². The molecule has 3 rings (SSSR count). The summed E-state index contributed by atoms with van der Waals surface area (Å²) >= 11 is 0. The first-order valence-electron chi connectivity index (χ1n) is 9.88. The van der Waals surface area contributed by atoms with E-state index in [2.05, 4.69) is 36.1 Å². The highest BCUT2D eigenvalue weighted by Gasteiger charge is 2.11. The van der Waals surface area contributed by atoms with E-state index in [1.807, 2.05) is 45.9 Å². The van der Waals surface area contributed by atoms with Crippen molar-refractivity contribution in [1.82, 2.24) is 25.4 Å². The summed E-state index contributed by atoms with van der Waals surface area (Å²) in [5, 5.41) is 13.2. The fourth-order valence-corrected chi connectivity index (χ4v) is 3.04. The van der Waals surface area contributed by atoms with Crippen LogP contribution in [0.3, 0.4) is 0 Å². The molecule has 0 aliphatic rings. The summed E-state index contributed by atoms with van der Waals surface area (Å²) in [6, 6.07) is 5.70. The van der Waals surface area contributed by atoms with Gasteiger partial charge in [0.2, 0.25) is 5.91 Å². The summed E-state index contributed by atoms with van der Waals surface area (Å²) in [5.74, 6) is 3.47. The van der Waals surface area contributed by atoms with Crippen LogP contribution in [0.2, 0.25) is 0 Å². The van der Waals surface area contributed by atoms with E-state index < -0.39 is 0 Å². The Morgan fingerprint density at radius 2 is 1.83 bits per heavy atom. The average Bonchev–Trinajstić information content (AvgIpc) is 3.01. The van der Waals surface area contributed by atoms with Gasteiger partial charge in [0.1, 0.15) is 29.0 Å². The Morgan fingerprint density at radius 1 is 1.03 bits per heavy atom. The van der Waals surface area contributed by atoms with Gasteiger partial charge in [-0.2, -0.15) is 0 Å². The fraction of sp³-hybridized carbons (Fsp3) is 0.381. The lowest BCUT2D eigenvalue weighted by Gasteiger charge is -2.11. The Hall–Kier alpha value is -3.49. The lowest BCUT2D eigenvalue weighted by molar-refractivity contribution is -0.120. The maximum atomic E-state index is 12.1. The smallest absolute Gasteiger partial charge is 0.220 e. The molecule has 9 heteroatoms. The number of nitrogens with zero attached hydrogens (tertiary/aromatic N) is 4. The molecule has 0 aliphatic heterocycles. The van der Waals surface area contributed by atoms with Gasteiger partial charge in [-0.3, -0.25) is 4.79 Å². The normalized spacial score (nSPS) is 10.7. The molecule has 0 atom stereocenters. The molecule has 1 amide bonds. The zero-order chi connectivity index (χ0) is 21.5. The molecule has 3 N–H and O–H groups in total. The molecule has 9 nitrogen and oxygen atoms in total. The first-order chi connectivity index (χ1) is 14.4. The minimum Gasteiger partial charge on any atom is -0.368 e. The number of carbonyl (C=O) groups is 1. The third-order valence-corrected chi connectivity index (χ3v) is 4.55. The molecular weight excluding hydrogens is 382 g/mol. The number of amides is 1. The first-order valence-corrected chi connectivity index (χ1v) is 9.88. The van der Waals surface area contributed by atoms with Crippen LogP contribution in [-0.4, -0.2) is 39.1 Å². The first kappa shape index (κ1) is 21.2. The minimum absolute atomic E-state index is 0.0106. The van der Waals surface area contributed by atoms with Crippen molar-refractivity contribution in [2.75, 3.05) is 23.7 Å². The maximum Gasteiger partial charge on any atom is 0.220 e. The van der Waals surface area contributed by atoms with E-state index in [1.54, 1.807) is 6.20 Å². The number of nitrogens with one attached hydrogen (secondary N) is 3. The lowest BCUT2D eigenvalue weighted by atomic mass is 10.1. The van der Waals surface area contributed by atoms with Crippen molar-refractivity contribution >= 4 is 23.4 Å². The average molecular weight is 409 g/mol. The van der Waals surface area contributed by atoms with Crippen LogP contribution in [0.4, 0.5) is 17.5 Å². The Bertz CT molecular complexity index is 997. The second-order valence-electron chi connectivity index (χ2n) is 7.11. The molecule has 0 aliphatic carbocycles. The van der Waals surface area contributed by atoms with Gasteiger partial charge in [0, 0.05) is 37.3 Å². The van der Waals surface area contributed by atoms with Gasteiger partial charge in [-0.25, -0.2) is 15.0 Å². The summed E-state index contributed by atoms with van der Waals surface area (Å²) in [6.45, 7) is 8.63. The van der Waals surface area contributed by atoms with Crippen molar-refractivity contribution in [3.63, 3.8) is 0 Å². The summed E-state index contributed by atoms with van der Waals surface area (Å²) < 4.78 is 5.12. The van der Waals surface area contributed by atoms with Crippen LogP contribution < -0.4 is 16.0 Å². The van der Waals surface area contributed by atoms with Crippen molar-refractivity contribution < 1.29 is 9.32 Å². The number of anilines is 3. The predicted octanol–water partition coefficient (Wildman–Crippen LogP) is 3.00. The van der Waals surface area contributed by atoms with Crippen molar-refractivity contribution in [3.8, 4) is 0 Å². The van der Waals surface area contributed by atoms with Gasteiger partial charge in [0.05, 0.1) is 5.69 Å². The number of hydrogen-bond donors (Lipinski definition) is 3. The third-order valence-electron chi connectivity index (χ3n) is 4.55. The number of aromatic nitrogens is 4. The molecule has 3 heterocycles. The quantitative estimate of drug-likeness (QED) is 0.462. The number of hydrogen-bond acceptors (Lipinski definition) is 8. The number of rotatable bonds is 9. The van der Waals surface area contributed by atoms with Crippen LogP contribution in [-0.2, 0) is 11.2 Å². The van der Waals surface area contributed by atoms with Crippen LogP contribution >= 0.6 is 0 Å². The van der Waals surface area contributed by atoms with E-state index in [0.717, 1.165) is 28.4 Å². The standard InChI is InChI=1S/C21H27N7O2/c1-13-7-8-22-18(11-13)27-20-12-19(25-16(4)26-20)23-9-10-24-21(29)6-5-17-14(2)28-30-15(17)3/h7-8,11-12H,5-6,9-10H2,1-4H3,(H,24,29)(H2,22,23,25,26,27). The highest BCUT2D eigenvalue weighted by atomic mass is 16.5. The second kappa shape index (κ2) is 9.82. The van der Waals surface area contributed by atoms with Gasteiger partial charge in [0.25, 0.3) is 0 Å². The van der Waals surface area contributed by atoms with Crippen LogP contribution in [0.5, 0.6) is 0 Å². The summed E-state index contributed by atoms with van der Waals surface area (Å²) in [4.78, 5) is 25.1. The maximum absolute atomic E-state index is 12.1. The van der Waals surface area contributed by atoms with Gasteiger partial charge < -0.3 is 20.5 Å². The molecule has 3 aromatic heterocycles. The Balaban J connectivity index is 1.45. The highest BCUT2D eigenvalue weighted by Crippen LogP contribution is 2.16. The van der Waals surface area contributed by atoms with Gasteiger partial charge in [-0.05, 0) is 51.8 Å². The molecule has 0 spiro atoms. The molecule has 30 heavy (non-hydrogen) atoms. The van der Waals surface area contributed by atoms with E-state index in [0.29, 0.717) is 43.4 Å². The molecule has 0 fully saturated rings. The third kappa shape index (κ3) is 6.00. The second-order valence-corrected chi connectivity index (χ2v) is 7.11. The lowest BCUT2D eigenvalue weighted by Crippen LogP contribution is -2.29. The van der Waals surface area contributed by atoms with Crippen LogP contribution in [0.25, 0.3) is 0 Å². The van der Waals surface area contributed by atoms with E-state index in [1.165, 1.54) is 0 Å². The van der Waals surface area contributed by atoms with E-state index >= 15 is 0 Å². The molecule has 0 radical (unpaired) electrons.